The summed E-state index contributed by atoms with van der Waals surface area (Å²) in [5.41, 5.74) is 0.888. The fraction of sp³-hybridized carbons (Fsp3) is 0.350. The number of aromatic nitrogens is 3. The van der Waals surface area contributed by atoms with Crippen molar-refractivity contribution in [1.29, 1.82) is 0 Å². The molecule has 1 aliphatic heterocycles. The van der Waals surface area contributed by atoms with Crippen LogP contribution in [0.2, 0.25) is 0 Å². The van der Waals surface area contributed by atoms with Crippen LogP contribution in [-0.4, -0.2) is 62.6 Å². The Balaban J connectivity index is 1.91. The number of halogens is 1. The van der Waals surface area contributed by atoms with E-state index in [1.165, 1.54) is 28.9 Å². The molecule has 1 aromatic carbocycles. The molecule has 3 N–H and O–H groups in total. The van der Waals surface area contributed by atoms with Gasteiger partial charge in [-0.1, -0.05) is 6.92 Å². The third-order valence-electron chi connectivity index (χ3n) is 4.88. The van der Waals surface area contributed by atoms with Crippen molar-refractivity contribution in [2.24, 2.45) is 0 Å². The monoisotopic (exact) mass is 415 g/mol. The third kappa shape index (κ3) is 3.91. The van der Waals surface area contributed by atoms with Crippen LogP contribution in [0.15, 0.2) is 36.7 Å². The van der Waals surface area contributed by atoms with Crippen LogP contribution in [0, 0.1) is 5.82 Å². The Morgan fingerprint density at radius 3 is 3.03 bits per heavy atom. The molecule has 9 nitrogen and oxygen atoms in total. The van der Waals surface area contributed by atoms with Gasteiger partial charge in [0.15, 0.2) is 5.65 Å². The third-order valence-corrected chi connectivity index (χ3v) is 4.88. The number of β-amino-alcohol motifs (C(OH)–C–C–N with tert-alkyl or cyclic N) is 2. The summed E-state index contributed by atoms with van der Waals surface area (Å²) in [4.78, 5) is 18.7. The van der Waals surface area contributed by atoms with E-state index in [1.807, 2.05) is 6.92 Å². The summed E-state index contributed by atoms with van der Waals surface area (Å²) in [6, 6.07) is 5.67. The van der Waals surface area contributed by atoms with Gasteiger partial charge in [0.05, 0.1) is 24.5 Å². The molecule has 0 saturated carbocycles. The highest BCUT2D eigenvalue weighted by Gasteiger charge is 2.23. The lowest BCUT2D eigenvalue weighted by molar-refractivity contribution is 0.0845. The summed E-state index contributed by atoms with van der Waals surface area (Å²) in [6.45, 7) is 1.81. The van der Waals surface area contributed by atoms with E-state index >= 15 is 0 Å². The molecule has 0 aliphatic carbocycles. The van der Waals surface area contributed by atoms with E-state index in [1.54, 1.807) is 17.2 Å². The summed E-state index contributed by atoms with van der Waals surface area (Å²) in [5, 5.41) is 27.3. The summed E-state index contributed by atoms with van der Waals surface area (Å²) >= 11 is 0. The van der Waals surface area contributed by atoms with Crippen LogP contribution in [-0.2, 0) is 0 Å². The maximum absolute atomic E-state index is 14.2. The Morgan fingerprint density at radius 1 is 1.40 bits per heavy atom. The van der Waals surface area contributed by atoms with Gasteiger partial charge < -0.3 is 25.2 Å². The predicted octanol–water partition coefficient (Wildman–Crippen LogP) is 1.26. The largest absolute Gasteiger partial charge is 0.489 e. The van der Waals surface area contributed by atoms with Crippen molar-refractivity contribution < 1.29 is 24.1 Å². The SMILES string of the molecule is CCC(O)CN1c2ccn3ncc(c3n2)C(=O)NCC(O)COc2ccc(F)cc21. The number of nitrogens with one attached hydrogen (secondary N) is 1. The summed E-state index contributed by atoms with van der Waals surface area (Å²) in [7, 11) is 0. The molecule has 2 atom stereocenters. The molecule has 2 aromatic heterocycles. The van der Waals surface area contributed by atoms with Gasteiger partial charge in [-0.3, -0.25) is 4.79 Å². The highest BCUT2D eigenvalue weighted by Crippen LogP contribution is 2.35. The van der Waals surface area contributed by atoms with E-state index in [2.05, 4.69) is 15.4 Å². The maximum Gasteiger partial charge on any atom is 0.256 e. The summed E-state index contributed by atoms with van der Waals surface area (Å²) < 4.78 is 21.3. The molecule has 0 spiro atoms. The van der Waals surface area contributed by atoms with E-state index in [-0.39, 0.29) is 25.3 Å². The standard InChI is InChI=1S/C20H22FN5O4/c1-2-13(27)10-25-16-7-12(21)3-4-17(16)30-11-14(28)8-22-20(29)15-9-23-26-6-5-18(25)24-19(15)26/h3-7,9,13-14,27-28H,2,8,10-11H2,1H3,(H,22,29). The van der Waals surface area contributed by atoms with E-state index < -0.39 is 23.9 Å². The lowest BCUT2D eigenvalue weighted by Crippen LogP contribution is -2.35. The second-order valence-electron chi connectivity index (χ2n) is 7.07. The van der Waals surface area contributed by atoms with Gasteiger partial charge in [0, 0.05) is 18.8 Å². The molecule has 0 saturated heterocycles. The Hall–Kier alpha value is -3.24. The number of rotatable bonds is 3. The van der Waals surface area contributed by atoms with Crippen molar-refractivity contribution in [1.82, 2.24) is 19.9 Å². The number of hydrogen-bond acceptors (Lipinski definition) is 7. The van der Waals surface area contributed by atoms with Crippen LogP contribution in [0.5, 0.6) is 5.75 Å². The first-order valence-corrected chi connectivity index (χ1v) is 9.65. The van der Waals surface area contributed by atoms with Crippen molar-refractivity contribution in [2.75, 3.05) is 24.6 Å². The molecular formula is C20H22FN5O4. The van der Waals surface area contributed by atoms with Gasteiger partial charge in [-0.25, -0.2) is 13.9 Å². The minimum absolute atomic E-state index is 0.0370. The van der Waals surface area contributed by atoms with Gasteiger partial charge in [0.1, 0.15) is 35.7 Å². The second-order valence-corrected chi connectivity index (χ2v) is 7.07. The molecule has 3 aromatic rings. The Labute approximate surface area is 171 Å². The maximum atomic E-state index is 14.2. The molecule has 2 bridgehead atoms. The normalized spacial score (nSPS) is 18.1. The second kappa shape index (κ2) is 8.25. The van der Waals surface area contributed by atoms with E-state index in [4.69, 9.17) is 4.74 Å². The number of ether oxygens (including phenoxy) is 1. The van der Waals surface area contributed by atoms with Gasteiger partial charge in [0.25, 0.3) is 5.91 Å². The van der Waals surface area contributed by atoms with Crippen molar-refractivity contribution in [3.05, 3.63) is 48.0 Å². The van der Waals surface area contributed by atoms with E-state index in [0.29, 0.717) is 29.3 Å². The predicted molar refractivity (Wildman–Crippen MR) is 107 cm³/mol. The first-order valence-electron chi connectivity index (χ1n) is 9.65. The number of amides is 1. The van der Waals surface area contributed by atoms with Gasteiger partial charge in [-0.2, -0.15) is 5.10 Å². The molecule has 158 valence electrons. The number of benzene rings is 1. The average molecular weight is 415 g/mol. The van der Waals surface area contributed by atoms with Crippen LogP contribution < -0.4 is 15.0 Å². The molecule has 2 unspecified atom stereocenters. The van der Waals surface area contributed by atoms with Crippen LogP contribution in [0.1, 0.15) is 23.7 Å². The summed E-state index contributed by atoms with van der Waals surface area (Å²) in [6.07, 6.45) is 1.80. The number of carbonyl (C=O) groups is 1. The molecule has 0 fully saturated rings. The molecular weight excluding hydrogens is 393 g/mol. The highest BCUT2D eigenvalue weighted by molar-refractivity contribution is 5.99. The topological polar surface area (TPSA) is 112 Å². The Morgan fingerprint density at radius 2 is 2.23 bits per heavy atom. The van der Waals surface area contributed by atoms with Crippen LogP contribution in [0.3, 0.4) is 0 Å². The van der Waals surface area contributed by atoms with Crippen molar-refractivity contribution in [3.8, 4) is 5.75 Å². The van der Waals surface area contributed by atoms with Gasteiger partial charge >= 0.3 is 0 Å². The molecule has 1 aliphatic rings. The van der Waals surface area contributed by atoms with Gasteiger partial charge in [-0.15, -0.1) is 0 Å². The molecule has 0 radical (unpaired) electrons. The average Bonchev–Trinajstić information content (AvgIpc) is 3.17. The molecule has 4 rings (SSSR count). The number of hydrogen-bond donors (Lipinski definition) is 3. The lowest BCUT2D eigenvalue weighted by atomic mass is 10.2. The van der Waals surface area contributed by atoms with Crippen molar-refractivity contribution in [2.45, 2.75) is 25.6 Å². The minimum atomic E-state index is -0.982. The fourth-order valence-corrected chi connectivity index (χ4v) is 3.20. The fourth-order valence-electron chi connectivity index (χ4n) is 3.20. The zero-order valence-electron chi connectivity index (χ0n) is 16.3. The number of anilines is 2. The highest BCUT2D eigenvalue weighted by atomic mass is 19.1. The molecule has 30 heavy (non-hydrogen) atoms. The zero-order chi connectivity index (χ0) is 21.3. The molecule has 3 heterocycles. The van der Waals surface area contributed by atoms with Crippen LogP contribution >= 0.6 is 0 Å². The Bertz CT molecular complexity index is 1070. The number of aliphatic hydroxyl groups excluding tert-OH is 2. The Kier molecular flexibility index (Phi) is 5.51. The number of nitrogens with zero attached hydrogens (tertiary/aromatic N) is 4. The number of fused-ring (bicyclic) bond motifs is 2. The van der Waals surface area contributed by atoms with E-state index in [9.17, 15) is 19.4 Å². The zero-order valence-corrected chi connectivity index (χ0v) is 16.3. The lowest BCUT2D eigenvalue weighted by Gasteiger charge is -2.28. The van der Waals surface area contributed by atoms with Crippen molar-refractivity contribution >= 4 is 23.1 Å². The van der Waals surface area contributed by atoms with Crippen molar-refractivity contribution in [3.63, 3.8) is 0 Å². The molecule has 10 heteroatoms. The summed E-state index contributed by atoms with van der Waals surface area (Å²) in [5.74, 6) is -0.211. The smallest absolute Gasteiger partial charge is 0.256 e. The van der Waals surface area contributed by atoms with Gasteiger partial charge in [-0.05, 0) is 24.6 Å². The number of aliphatic hydroxyl groups is 2. The van der Waals surface area contributed by atoms with Crippen LogP contribution in [0.4, 0.5) is 15.9 Å². The number of carbonyl (C=O) groups excluding carboxylic acids is 1. The first-order chi connectivity index (χ1) is 14.5. The quantitative estimate of drug-likeness (QED) is 0.590. The molecule has 1 amide bonds. The minimum Gasteiger partial charge on any atom is -0.489 e. The van der Waals surface area contributed by atoms with E-state index in [0.717, 1.165) is 0 Å². The first kappa shape index (κ1) is 20.0. The van der Waals surface area contributed by atoms with Crippen LogP contribution in [0.25, 0.3) is 5.65 Å². The van der Waals surface area contributed by atoms with Gasteiger partial charge in [0.2, 0.25) is 0 Å².